The minimum atomic E-state index is 0.00688. The van der Waals surface area contributed by atoms with Crippen LogP contribution in [0, 0.1) is 0 Å². The molecule has 1 amide bonds. The van der Waals surface area contributed by atoms with E-state index in [9.17, 15) is 4.79 Å². The molecule has 5 heteroatoms. The largest absolute Gasteiger partial charge is 0.345 e. The lowest BCUT2D eigenvalue weighted by Crippen LogP contribution is -2.26. The molecule has 5 nitrogen and oxygen atoms in total. The van der Waals surface area contributed by atoms with E-state index in [1.54, 1.807) is 19.0 Å². The van der Waals surface area contributed by atoms with E-state index < -0.39 is 0 Å². The number of carbonyl (C=O) groups is 1. The van der Waals surface area contributed by atoms with E-state index in [-0.39, 0.29) is 5.91 Å². The Hall–Kier alpha value is -3.57. The predicted molar refractivity (Wildman–Crippen MR) is 163 cm³/mol. The number of nitrogens with zero attached hydrogens (tertiary/aromatic N) is 4. The van der Waals surface area contributed by atoms with Gasteiger partial charge in [0, 0.05) is 36.9 Å². The summed E-state index contributed by atoms with van der Waals surface area (Å²) in [6.45, 7) is 6.30. The average Bonchev–Trinajstić information content (AvgIpc) is 3.46. The average molecular weight is 523 g/mol. The van der Waals surface area contributed by atoms with Crippen molar-refractivity contribution in [3.8, 4) is 0 Å². The van der Waals surface area contributed by atoms with Crippen molar-refractivity contribution < 1.29 is 4.79 Å². The minimum absolute atomic E-state index is 0.00688. The van der Waals surface area contributed by atoms with Gasteiger partial charge < -0.3 is 9.80 Å². The van der Waals surface area contributed by atoms with E-state index in [2.05, 4.69) is 77.5 Å². The van der Waals surface area contributed by atoms with E-state index in [1.165, 1.54) is 24.0 Å². The molecule has 0 atom stereocenters. The number of hydrogen-bond acceptors (Lipinski definition) is 4. The fraction of sp³-hybridized carbons (Fsp3) is 0.382. The second kappa shape index (κ2) is 14.5. The molecule has 0 aliphatic carbocycles. The zero-order valence-electron chi connectivity index (χ0n) is 23.7. The molecule has 1 aliphatic rings. The van der Waals surface area contributed by atoms with Crippen LogP contribution in [0.5, 0.6) is 0 Å². The van der Waals surface area contributed by atoms with E-state index in [4.69, 9.17) is 4.99 Å². The molecular weight excluding hydrogens is 480 g/mol. The third-order valence-corrected chi connectivity index (χ3v) is 7.48. The molecule has 0 bridgehead atoms. The first-order chi connectivity index (χ1) is 19.0. The maximum absolute atomic E-state index is 12.1. The first-order valence-electron chi connectivity index (χ1n) is 14.3. The minimum Gasteiger partial charge on any atom is -0.345 e. The third-order valence-electron chi connectivity index (χ3n) is 7.48. The molecule has 1 heterocycles. The smallest absolute Gasteiger partial charge is 0.253 e. The number of rotatable bonds is 14. The molecule has 0 radical (unpaired) electrons. The lowest BCUT2D eigenvalue weighted by atomic mass is 9.87. The third kappa shape index (κ3) is 8.21. The van der Waals surface area contributed by atoms with Gasteiger partial charge in [-0.05, 0) is 75.0 Å². The fourth-order valence-electron chi connectivity index (χ4n) is 5.21. The highest BCUT2D eigenvalue weighted by Crippen LogP contribution is 2.29. The fourth-order valence-corrected chi connectivity index (χ4v) is 5.21. The van der Waals surface area contributed by atoms with Crippen LogP contribution in [0.15, 0.2) is 94.9 Å². The summed E-state index contributed by atoms with van der Waals surface area (Å²) in [4.78, 5) is 25.7. The molecule has 0 spiro atoms. The van der Waals surface area contributed by atoms with Gasteiger partial charge in [-0.1, -0.05) is 79.7 Å². The van der Waals surface area contributed by atoms with Crippen molar-refractivity contribution in [3.63, 3.8) is 0 Å². The van der Waals surface area contributed by atoms with Crippen LogP contribution in [0.3, 0.4) is 0 Å². The van der Waals surface area contributed by atoms with Gasteiger partial charge in [-0.3, -0.25) is 9.79 Å². The van der Waals surface area contributed by atoms with Gasteiger partial charge in [-0.25, -0.2) is 4.99 Å². The summed E-state index contributed by atoms with van der Waals surface area (Å²) in [5, 5.41) is 0. The Bertz CT molecular complexity index is 1190. The molecule has 0 unspecified atom stereocenters. The highest BCUT2D eigenvalue weighted by molar-refractivity contribution is 6.11. The number of aliphatic imine (C=N–C) groups is 2. The molecule has 4 rings (SSSR count). The molecule has 0 N–H and O–H groups in total. The summed E-state index contributed by atoms with van der Waals surface area (Å²) in [6.07, 6.45) is 5.64. The Labute approximate surface area is 234 Å². The van der Waals surface area contributed by atoms with Crippen LogP contribution in [-0.2, 0) is 0 Å². The Morgan fingerprint density at radius 1 is 0.821 bits per heavy atom. The zero-order valence-corrected chi connectivity index (χ0v) is 23.7. The molecule has 39 heavy (non-hydrogen) atoms. The van der Waals surface area contributed by atoms with Crippen LogP contribution >= 0.6 is 0 Å². The summed E-state index contributed by atoms with van der Waals surface area (Å²) in [6, 6.07) is 29.4. The predicted octanol–water partition coefficient (Wildman–Crippen LogP) is 6.69. The van der Waals surface area contributed by atoms with E-state index in [0.717, 1.165) is 56.0 Å². The monoisotopic (exact) mass is 522 g/mol. The summed E-state index contributed by atoms with van der Waals surface area (Å²) >= 11 is 0. The second-order valence-electron chi connectivity index (χ2n) is 10.5. The van der Waals surface area contributed by atoms with Crippen molar-refractivity contribution in [2.24, 2.45) is 9.98 Å². The van der Waals surface area contributed by atoms with Crippen molar-refractivity contribution in [2.45, 2.75) is 44.9 Å². The van der Waals surface area contributed by atoms with Crippen molar-refractivity contribution in [2.75, 3.05) is 40.3 Å². The molecule has 0 fully saturated rings. The number of carbonyl (C=O) groups excluding carboxylic acids is 1. The van der Waals surface area contributed by atoms with Gasteiger partial charge >= 0.3 is 0 Å². The highest BCUT2D eigenvalue weighted by atomic mass is 16.2. The van der Waals surface area contributed by atoms with Gasteiger partial charge in [0.05, 0.1) is 6.54 Å². The lowest BCUT2D eigenvalue weighted by Gasteiger charge is -2.23. The Kier molecular flexibility index (Phi) is 10.6. The zero-order chi connectivity index (χ0) is 27.5. The Balaban J connectivity index is 1.20. The number of benzene rings is 3. The van der Waals surface area contributed by atoms with E-state index in [1.807, 2.05) is 24.3 Å². The number of amides is 1. The summed E-state index contributed by atoms with van der Waals surface area (Å²) in [5.41, 5.74) is 5.63. The van der Waals surface area contributed by atoms with Crippen LogP contribution in [-0.4, -0.2) is 67.5 Å². The van der Waals surface area contributed by atoms with Crippen molar-refractivity contribution in [3.05, 3.63) is 107 Å². The first kappa shape index (κ1) is 28.4. The summed E-state index contributed by atoms with van der Waals surface area (Å²) in [7, 11) is 3.53. The van der Waals surface area contributed by atoms with Crippen LogP contribution in [0.25, 0.3) is 0 Å². The molecule has 3 aromatic rings. The van der Waals surface area contributed by atoms with Crippen molar-refractivity contribution in [1.29, 1.82) is 0 Å². The first-order valence-corrected chi connectivity index (χ1v) is 14.3. The van der Waals surface area contributed by atoms with Gasteiger partial charge in [0.25, 0.3) is 5.91 Å². The number of unbranched alkanes of at least 4 members (excludes halogenated alkanes) is 1. The van der Waals surface area contributed by atoms with Gasteiger partial charge in [0.15, 0.2) is 5.84 Å². The topological polar surface area (TPSA) is 48.3 Å². The quantitative estimate of drug-likeness (QED) is 0.221. The standard InChI is InChI=1S/C34H42N4O/c1-4-38(25-13-19-32(27-14-7-5-8-15-27)28-16-9-6-10-17-28)24-12-11-18-31-26-35-33(36-31)29-20-22-30(23-21-29)34(39)37(2)3/h5-10,14-17,20-23,32H,4,11-13,18-19,24-26H2,1-3H3. The maximum atomic E-state index is 12.1. The van der Waals surface area contributed by atoms with Gasteiger partial charge in [0.1, 0.15) is 0 Å². The Morgan fingerprint density at radius 2 is 1.44 bits per heavy atom. The van der Waals surface area contributed by atoms with Crippen LogP contribution in [0.4, 0.5) is 0 Å². The van der Waals surface area contributed by atoms with Crippen molar-refractivity contribution >= 4 is 17.5 Å². The summed E-state index contributed by atoms with van der Waals surface area (Å²) < 4.78 is 0. The van der Waals surface area contributed by atoms with Crippen LogP contribution < -0.4 is 0 Å². The highest BCUT2D eigenvalue weighted by Gasteiger charge is 2.16. The summed E-state index contributed by atoms with van der Waals surface area (Å²) in [5.74, 6) is 1.24. The maximum Gasteiger partial charge on any atom is 0.253 e. The molecule has 1 aliphatic heterocycles. The van der Waals surface area contributed by atoms with Crippen LogP contribution in [0.2, 0.25) is 0 Å². The van der Waals surface area contributed by atoms with Crippen molar-refractivity contribution in [1.82, 2.24) is 9.80 Å². The lowest BCUT2D eigenvalue weighted by molar-refractivity contribution is 0.0827. The molecule has 0 aromatic heterocycles. The molecule has 0 saturated heterocycles. The SMILES string of the molecule is CCN(CCCCC1=NC(c2ccc(C(=O)N(C)C)cc2)=NC1)CCCC(c1ccccc1)c1ccccc1. The van der Waals surface area contributed by atoms with Gasteiger partial charge in [-0.15, -0.1) is 0 Å². The number of hydrogen-bond donors (Lipinski definition) is 0. The second-order valence-corrected chi connectivity index (χ2v) is 10.5. The van der Waals surface area contributed by atoms with Crippen LogP contribution in [0.1, 0.15) is 72.0 Å². The Morgan fingerprint density at radius 3 is 2.03 bits per heavy atom. The van der Waals surface area contributed by atoms with Gasteiger partial charge in [-0.2, -0.15) is 0 Å². The van der Waals surface area contributed by atoms with Gasteiger partial charge in [0.2, 0.25) is 0 Å². The molecule has 0 saturated carbocycles. The molecule has 3 aromatic carbocycles. The van der Waals surface area contributed by atoms with E-state index >= 15 is 0 Å². The normalized spacial score (nSPS) is 13.1. The van der Waals surface area contributed by atoms with E-state index in [0.29, 0.717) is 18.0 Å². The molecule has 204 valence electrons. The number of amidine groups is 1. The molecular formula is C34H42N4O.